The van der Waals surface area contributed by atoms with Gasteiger partial charge in [-0.2, -0.15) is 0 Å². The summed E-state index contributed by atoms with van der Waals surface area (Å²) < 4.78 is 1.85. The van der Waals surface area contributed by atoms with Crippen molar-refractivity contribution >= 4 is 18.1 Å². The number of anilines is 1. The number of aliphatic carboxylic acids is 1. The van der Waals surface area contributed by atoms with Crippen molar-refractivity contribution in [3.8, 4) is 0 Å². The molecule has 0 amide bonds. The van der Waals surface area contributed by atoms with E-state index in [1.165, 1.54) is 6.34 Å². The summed E-state index contributed by atoms with van der Waals surface area (Å²) in [4.78, 5) is 18.4. The number of carboxylic acids is 1. The maximum Gasteiger partial charge on any atom is 1.00 e. The van der Waals surface area contributed by atoms with Gasteiger partial charge >= 0.3 is 29.6 Å². The van der Waals surface area contributed by atoms with Crippen LogP contribution in [0.15, 0.2) is 11.3 Å². The van der Waals surface area contributed by atoms with Crippen molar-refractivity contribution in [1.82, 2.24) is 9.55 Å². The molecule has 98 valence electrons. The zero-order valence-electron chi connectivity index (χ0n) is 10.9. The number of carbonyl (C=O) groups excluding carboxylic acids is 1. The number of aliphatic imine (C=N–C) groups is 1. The summed E-state index contributed by atoms with van der Waals surface area (Å²) in [6.07, 6.45) is 3.81. The van der Waals surface area contributed by atoms with E-state index in [-0.39, 0.29) is 36.0 Å². The molecular formula is C11H15N4NaO3. The van der Waals surface area contributed by atoms with Crippen LogP contribution in [0.2, 0.25) is 0 Å². The monoisotopic (exact) mass is 274 g/mol. The molecule has 1 aliphatic heterocycles. The minimum Gasteiger partial charge on any atom is -0.550 e. The van der Waals surface area contributed by atoms with E-state index in [1.807, 2.05) is 4.57 Å². The van der Waals surface area contributed by atoms with Gasteiger partial charge in [-0.3, -0.25) is 4.99 Å². The molecule has 0 aromatic carbocycles. The van der Waals surface area contributed by atoms with Gasteiger partial charge in [0, 0.05) is 12.5 Å². The Morgan fingerprint density at radius 2 is 2.37 bits per heavy atom. The summed E-state index contributed by atoms with van der Waals surface area (Å²) in [5, 5.41) is 23.0. The molecule has 2 rings (SSSR count). The summed E-state index contributed by atoms with van der Waals surface area (Å²) in [6, 6.07) is 0. The Labute approximate surface area is 133 Å². The number of aryl methyl sites for hydroxylation is 1. The van der Waals surface area contributed by atoms with E-state index in [0.717, 1.165) is 5.82 Å². The van der Waals surface area contributed by atoms with Crippen molar-refractivity contribution in [2.75, 3.05) is 11.9 Å². The van der Waals surface area contributed by atoms with Crippen LogP contribution in [0, 0.1) is 0 Å². The van der Waals surface area contributed by atoms with Crippen LogP contribution in [0.4, 0.5) is 5.82 Å². The smallest absolute Gasteiger partial charge is 0.550 e. The molecular weight excluding hydrogens is 259 g/mol. The first-order valence-electron chi connectivity index (χ1n) is 5.86. The largest absolute Gasteiger partial charge is 1.00 e. The molecule has 2 N–H and O–H groups in total. The average molecular weight is 274 g/mol. The molecule has 1 unspecified atom stereocenters. The fourth-order valence-electron chi connectivity index (χ4n) is 1.87. The second-order valence-corrected chi connectivity index (χ2v) is 4.16. The van der Waals surface area contributed by atoms with Crippen LogP contribution < -0.4 is 40.0 Å². The van der Waals surface area contributed by atoms with Crippen molar-refractivity contribution in [2.45, 2.75) is 31.9 Å². The van der Waals surface area contributed by atoms with Crippen molar-refractivity contribution < 1.29 is 44.6 Å². The quantitative estimate of drug-likeness (QED) is 0.425. The standard InChI is InChI=1S/C11H16N4O3.Na/c16-8-5-12-6-13-11-10(8)14-7-15(11)4-2-1-3-9(17)18;/h6-8,16H,1-5H2,(H,12,13)(H,17,18);/q;+1/p-1. The predicted molar refractivity (Wildman–Crippen MR) is 63.0 cm³/mol. The van der Waals surface area contributed by atoms with Gasteiger partial charge in [-0.25, -0.2) is 4.98 Å². The van der Waals surface area contributed by atoms with Crippen molar-refractivity contribution in [2.24, 2.45) is 4.99 Å². The maximum absolute atomic E-state index is 10.3. The molecule has 1 aromatic heterocycles. The number of carbonyl (C=O) groups is 1. The average Bonchev–Trinajstić information content (AvgIpc) is 2.64. The summed E-state index contributed by atoms with van der Waals surface area (Å²) in [5.74, 6) is -0.308. The molecule has 0 saturated carbocycles. The number of hydrogen-bond donors (Lipinski definition) is 2. The van der Waals surface area contributed by atoms with Gasteiger partial charge in [0.1, 0.15) is 17.6 Å². The van der Waals surface area contributed by atoms with Gasteiger partial charge in [0.05, 0.1) is 19.2 Å². The molecule has 0 fully saturated rings. The second kappa shape index (κ2) is 7.64. The molecule has 1 aliphatic rings. The van der Waals surface area contributed by atoms with E-state index >= 15 is 0 Å². The van der Waals surface area contributed by atoms with Crippen LogP contribution in [0.1, 0.15) is 31.1 Å². The van der Waals surface area contributed by atoms with E-state index in [9.17, 15) is 15.0 Å². The van der Waals surface area contributed by atoms with Crippen LogP contribution in [0.5, 0.6) is 0 Å². The Balaban J connectivity index is 0.00000180. The number of imidazole rings is 1. The molecule has 0 spiro atoms. The third-order valence-electron chi connectivity index (χ3n) is 2.78. The molecule has 1 atom stereocenters. The molecule has 8 heteroatoms. The van der Waals surface area contributed by atoms with E-state index in [2.05, 4.69) is 15.3 Å². The Morgan fingerprint density at radius 1 is 1.58 bits per heavy atom. The number of nitrogens with zero attached hydrogens (tertiary/aromatic N) is 3. The number of nitrogens with one attached hydrogen (secondary N) is 1. The topological polar surface area (TPSA) is 103 Å². The van der Waals surface area contributed by atoms with Gasteiger partial charge in [0.15, 0.2) is 0 Å². The van der Waals surface area contributed by atoms with E-state index in [0.29, 0.717) is 31.6 Å². The zero-order chi connectivity index (χ0) is 13.0. The van der Waals surface area contributed by atoms with Crippen LogP contribution >= 0.6 is 0 Å². The third-order valence-corrected chi connectivity index (χ3v) is 2.78. The number of hydrogen-bond acceptors (Lipinski definition) is 6. The van der Waals surface area contributed by atoms with Gasteiger partial charge in [0.25, 0.3) is 0 Å². The molecule has 0 aliphatic carbocycles. The minimum atomic E-state index is -1.03. The fourth-order valence-corrected chi connectivity index (χ4v) is 1.87. The second-order valence-electron chi connectivity index (χ2n) is 4.16. The van der Waals surface area contributed by atoms with Gasteiger partial charge in [-0.05, 0) is 19.3 Å². The SMILES string of the molecule is O=C([O-])CCCCn1cnc2c1NC=NCC2O.[Na+]. The van der Waals surface area contributed by atoms with Crippen molar-refractivity contribution in [3.63, 3.8) is 0 Å². The molecule has 0 saturated heterocycles. The fraction of sp³-hybridized carbons (Fsp3) is 0.545. The minimum absolute atomic E-state index is 0. The third kappa shape index (κ3) is 4.31. The predicted octanol–water partition coefficient (Wildman–Crippen LogP) is -3.71. The number of rotatable bonds is 5. The molecule has 0 bridgehead atoms. The Morgan fingerprint density at radius 3 is 3.11 bits per heavy atom. The van der Waals surface area contributed by atoms with Crippen molar-refractivity contribution in [3.05, 3.63) is 12.0 Å². The first kappa shape index (κ1) is 16.2. The van der Waals surface area contributed by atoms with E-state index in [4.69, 9.17) is 0 Å². The Bertz CT molecular complexity index is 461. The normalized spacial score (nSPS) is 17.0. The van der Waals surface area contributed by atoms with Crippen LogP contribution in [0.25, 0.3) is 0 Å². The summed E-state index contributed by atoms with van der Waals surface area (Å²) >= 11 is 0. The van der Waals surface area contributed by atoms with E-state index in [1.54, 1.807) is 6.33 Å². The van der Waals surface area contributed by atoms with Crippen LogP contribution in [-0.4, -0.2) is 33.5 Å². The number of aliphatic hydroxyl groups excluding tert-OH is 1. The first-order valence-corrected chi connectivity index (χ1v) is 5.86. The van der Waals surface area contributed by atoms with Gasteiger partial charge in [-0.1, -0.05) is 0 Å². The Hall–Kier alpha value is -0.890. The molecule has 7 nitrogen and oxygen atoms in total. The molecule has 2 heterocycles. The van der Waals surface area contributed by atoms with E-state index < -0.39 is 12.1 Å². The number of aromatic nitrogens is 2. The number of carboxylic acid groups (broad SMARTS) is 1. The van der Waals surface area contributed by atoms with Gasteiger partial charge < -0.3 is 24.9 Å². The van der Waals surface area contributed by atoms with Gasteiger partial charge in [0.2, 0.25) is 0 Å². The summed E-state index contributed by atoms with van der Waals surface area (Å²) in [5.41, 5.74) is 0.576. The van der Waals surface area contributed by atoms with Gasteiger partial charge in [-0.15, -0.1) is 0 Å². The van der Waals surface area contributed by atoms with Crippen LogP contribution in [0.3, 0.4) is 0 Å². The first-order chi connectivity index (χ1) is 8.68. The number of unbranched alkanes of at least 4 members (excludes halogenated alkanes) is 1. The van der Waals surface area contributed by atoms with Crippen LogP contribution in [-0.2, 0) is 11.3 Å². The zero-order valence-corrected chi connectivity index (χ0v) is 12.9. The summed E-state index contributed by atoms with van der Waals surface area (Å²) in [6.45, 7) is 0.935. The maximum atomic E-state index is 10.3. The number of fused-ring (bicyclic) bond motifs is 1. The molecule has 19 heavy (non-hydrogen) atoms. The summed E-state index contributed by atoms with van der Waals surface area (Å²) in [7, 11) is 0. The number of aliphatic hydroxyl groups is 1. The molecule has 0 radical (unpaired) electrons. The molecule has 1 aromatic rings. The van der Waals surface area contributed by atoms with Crippen molar-refractivity contribution in [1.29, 1.82) is 0 Å². The Kier molecular flexibility index (Phi) is 6.50.